The van der Waals surface area contributed by atoms with Gasteiger partial charge < -0.3 is 10.1 Å². The van der Waals surface area contributed by atoms with Gasteiger partial charge in [-0.05, 0) is 30.5 Å². The van der Waals surface area contributed by atoms with Crippen LogP contribution in [0.1, 0.15) is 18.4 Å². The summed E-state index contributed by atoms with van der Waals surface area (Å²) in [4.78, 5) is 12.2. The van der Waals surface area contributed by atoms with Crippen LogP contribution in [0.15, 0.2) is 36.9 Å². The fourth-order valence-electron chi connectivity index (χ4n) is 2.51. The molecule has 0 bridgehead atoms. The van der Waals surface area contributed by atoms with Crippen LogP contribution < -0.4 is 5.32 Å². The van der Waals surface area contributed by atoms with Crippen LogP contribution >= 0.6 is 23.4 Å². The maximum Gasteiger partial charge on any atom is 0.230 e. The first kappa shape index (κ1) is 16.4. The Morgan fingerprint density at radius 2 is 2.05 bits per heavy atom. The summed E-state index contributed by atoms with van der Waals surface area (Å²) in [5.74, 6) is 1.28. The van der Waals surface area contributed by atoms with E-state index in [1.54, 1.807) is 17.8 Å². The lowest BCUT2D eigenvalue weighted by Crippen LogP contribution is -2.50. The van der Waals surface area contributed by atoms with Crippen molar-refractivity contribution in [1.29, 1.82) is 0 Å². The highest BCUT2D eigenvalue weighted by Gasteiger charge is 2.35. The lowest BCUT2D eigenvalue weighted by Gasteiger charge is -2.38. The third-order valence-corrected chi connectivity index (χ3v) is 4.78. The lowest BCUT2D eigenvalue weighted by molar-refractivity contribution is -0.121. The van der Waals surface area contributed by atoms with E-state index in [0.717, 1.165) is 24.2 Å². The zero-order chi connectivity index (χ0) is 15.1. The standard InChI is InChI=1S/C16H20ClNO2S/c1-2-11-21-12-15(19)18-16(7-9-20-10-8-16)13-3-5-14(17)6-4-13/h2-6H,1,7-12H2,(H,18,19). The SMILES string of the molecule is C=CCSCC(=O)NC1(c2ccc(Cl)cc2)CCOCC1. The molecule has 0 unspecified atom stereocenters. The van der Waals surface area contributed by atoms with Gasteiger partial charge in [0.05, 0.1) is 11.3 Å². The molecule has 1 aromatic rings. The van der Waals surface area contributed by atoms with Crippen LogP contribution in [0.5, 0.6) is 0 Å². The molecular weight excluding hydrogens is 306 g/mol. The topological polar surface area (TPSA) is 38.3 Å². The normalized spacial score (nSPS) is 17.2. The Balaban J connectivity index is 2.11. The summed E-state index contributed by atoms with van der Waals surface area (Å²) < 4.78 is 5.45. The Morgan fingerprint density at radius 1 is 1.38 bits per heavy atom. The van der Waals surface area contributed by atoms with E-state index in [0.29, 0.717) is 24.0 Å². The first-order valence-electron chi connectivity index (χ1n) is 7.00. The molecule has 0 aliphatic carbocycles. The average molecular weight is 326 g/mol. The smallest absolute Gasteiger partial charge is 0.230 e. The van der Waals surface area contributed by atoms with E-state index in [-0.39, 0.29) is 11.4 Å². The quantitative estimate of drug-likeness (QED) is 0.643. The second-order valence-electron chi connectivity index (χ2n) is 5.05. The van der Waals surface area contributed by atoms with E-state index in [4.69, 9.17) is 16.3 Å². The summed E-state index contributed by atoms with van der Waals surface area (Å²) in [6, 6.07) is 7.72. The Morgan fingerprint density at radius 3 is 2.67 bits per heavy atom. The molecule has 114 valence electrons. The van der Waals surface area contributed by atoms with Crippen molar-refractivity contribution in [2.45, 2.75) is 18.4 Å². The molecule has 2 rings (SSSR count). The number of benzene rings is 1. The molecule has 3 nitrogen and oxygen atoms in total. The van der Waals surface area contributed by atoms with E-state index in [2.05, 4.69) is 11.9 Å². The summed E-state index contributed by atoms with van der Waals surface area (Å²) in [5.41, 5.74) is 0.756. The minimum absolute atomic E-state index is 0.0544. The highest BCUT2D eigenvalue weighted by Crippen LogP contribution is 2.33. The Labute approximate surface area is 135 Å². The maximum absolute atomic E-state index is 12.2. The van der Waals surface area contributed by atoms with Crippen molar-refractivity contribution in [3.8, 4) is 0 Å². The van der Waals surface area contributed by atoms with Crippen LogP contribution in [-0.2, 0) is 15.1 Å². The van der Waals surface area contributed by atoms with Crippen LogP contribution in [0.25, 0.3) is 0 Å². The van der Waals surface area contributed by atoms with Crippen LogP contribution in [0.4, 0.5) is 0 Å². The van der Waals surface area contributed by atoms with Gasteiger partial charge in [-0.15, -0.1) is 18.3 Å². The van der Waals surface area contributed by atoms with E-state index >= 15 is 0 Å². The molecule has 1 saturated heterocycles. The molecule has 1 fully saturated rings. The molecule has 0 atom stereocenters. The fourth-order valence-corrected chi connectivity index (χ4v) is 3.18. The summed E-state index contributed by atoms with van der Waals surface area (Å²) >= 11 is 7.53. The number of ether oxygens (including phenoxy) is 1. The monoisotopic (exact) mass is 325 g/mol. The van der Waals surface area contributed by atoms with Crippen molar-refractivity contribution in [2.24, 2.45) is 0 Å². The molecule has 1 aliphatic heterocycles. The van der Waals surface area contributed by atoms with Gasteiger partial charge >= 0.3 is 0 Å². The van der Waals surface area contributed by atoms with Crippen molar-refractivity contribution in [3.63, 3.8) is 0 Å². The predicted octanol–water partition coefficient (Wildman–Crippen LogP) is 3.38. The number of carbonyl (C=O) groups excluding carboxylic acids is 1. The molecule has 21 heavy (non-hydrogen) atoms. The van der Waals surface area contributed by atoms with Crippen molar-refractivity contribution >= 4 is 29.3 Å². The molecule has 1 heterocycles. The van der Waals surface area contributed by atoms with Gasteiger partial charge in [0.25, 0.3) is 0 Å². The summed E-state index contributed by atoms with van der Waals surface area (Å²) in [5, 5.41) is 3.91. The minimum atomic E-state index is -0.339. The third kappa shape index (κ3) is 4.50. The molecule has 5 heteroatoms. The van der Waals surface area contributed by atoms with E-state index in [1.807, 2.05) is 24.3 Å². The number of amides is 1. The van der Waals surface area contributed by atoms with Gasteiger partial charge in [0.2, 0.25) is 5.91 Å². The van der Waals surface area contributed by atoms with Gasteiger partial charge in [-0.25, -0.2) is 0 Å². The highest BCUT2D eigenvalue weighted by molar-refractivity contribution is 8.00. The van der Waals surface area contributed by atoms with Crippen LogP contribution in [-0.4, -0.2) is 30.6 Å². The minimum Gasteiger partial charge on any atom is -0.381 e. The summed E-state index contributed by atoms with van der Waals surface area (Å²) in [7, 11) is 0. The third-order valence-electron chi connectivity index (χ3n) is 3.59. The lowest BCUT2D eigenvalue weighted by atomic mass is 9.82. The van der Waals surface area contributed by atoms with Gasteiger partial charge in [0.1, 0.15) is 0 Å². The van der Waals surface area contributed by atoms with Crippen molar-refractivity contribution in [2.75, 3.05) is 24.7 Å². The molecule has 1 aliphatic rings. The largest absolute Gasteiger partial charge is 0.381 e. The zero-order valence-electron chi connectivity index (χ0n) is 11.9. The predicted molar refractivity (Wildman–Crippen MR) is 88.8 cm³/mol. The number of rotatable bonds is 6. The number of nitrogens with one attached hydrogen (secondary N) is 1. The second kappa shape index (κ2) is 7.87. The van der Waals surface area contributed by atoms with Crippen LogP contribution in [0.3, 0.4) is 0 Å². The molecule has 1 aromatic carbocycles. The van der Waals surface area contributed by atoms with E-state index in [9.17, 15) is 4.79 Å². The Hall–Kier alpha value is -0.970. The molecule has 0 radical (unpaired) electrons. The Bertz CT molecular complexity index is 484. The van der Waals surface area contributed by atoms with E-state index in [1.165, 1.54) is 0 Å². The van der Waals surface area contributed by atoms with Crippen molar-refractivity contribution in [1.82, 2.24) is 5.32 Å². The average Bonchev–Trinajstić information content (AvgIpc) is 2.49. The van der Waals surface area contributed by atoms with Crippen molar-refractivity contribution < 1.29 is 9.53 Å². The number of hydrogen-bond acceptors (Lipinski definition) is 3. The molecule has 0 spiro atoms. The first-order valence-corrected chi connectivity index (χ1v) is 8.53. The highest BCUT2D eigenvalue weighted by atomic mass is 35.5. The molecule has 0 aromatic heterocycles. The van der Waals surface area contributed by atoms with Crippen LogP contribution in [0, 0.1) is 0 Å². The Kier molecular flexibility index (Phi) is 6.15. The number of halogens is 1. The van der Waals surface area contributed by atoms with Gasteiger partial charge in [0.15, 0.2) is 0 Å². The number of carbonyl (C=O) groups is 1. The second-order valence-corrected chi connectivity index (χ2v) is 6.52. The number of thioether (sulfide) groups is 1. The maximum atomic E-state index is 12.2. The zero-order valence-corrected chi connectivity index (χ0v) is 13.5. The molecule has 1 N–H and O–H groups in total. The number of hydrogen-bond donors (Lipinski definition) is 1. The van der Waals surface area contributed by atoms with Crippen molar-refractivity contribution in [3.05, 3.63) is 47.5 Å². The summed E-state index contributed by atoms with van der Waals surface area (Å²) in [6.07, 6.45) is 3.38. The fraction of sp³-hybridized carbons (Fsp3) is 0.438. The van der Waals surface area contributed by atoms with E-state index < -0.39 is 0 Å². The van der Waals surface area contributed by atoms with Gasteiger partial charge in [-0.1, -0.05) is 29.8 Å². The van der Waals surface area contributed by atoms with Gasteiger partial charge in [-0.3, -0.25) is 4.79 Å². The van der Waals surface area contributed by atoms with Gasteiger partial charge in [0, 0.05) is 24.0 Å². The molecule has 0 saturated carbocycles. The van der Waals surface area contributed by atoms with Crippen LogP contribution in [0.2, 0.25) is 5.02 Å². The first-order chi connectivity index (χ1) is 10.2. The molecular formula is C16H20ClNO2S. The summed E-state index contributed by atoms with van der Waals surface area (Å²) in [6.45, 7) is 4.97. The molecule has 1 amide bonds. The van der Waals surface area contributed by atoms with Gasteiger partial charge in [-0.2, -0.15) is 0 Å².